The lowest BCUT2D eigenvalue weighted by Gasteiger charge is -2.21. The smallest absolute Gasteiger partial charge is 0.254 e. The zero-order chi connectivity index (χ0) is 13.8. The van der Waals surface area contributed by atoms with Crippen molar-refractivity contribution in [1.82, 2.24) is 10.3 Å². The molecular weight excluding hydrogens is 287 g/mol. The van der Waals surface area contributed by atoms with Crippen molar-refractivity contribution in [2.75, 3.05) is 0 Å². The van der Waals surface area contributed by atoms with Crippen LogP contribution >= 0.6 is 23.2 Å². The summed E-state index contributed by atoms with van der Waals surface area (Å²) in [5.41, 5.74) is 0.280. The van der Waals surface area contributed by atoms with E-state index in [0.29, 0.717) is 0 Å². The van der Waals surface area contributed by atoms with Gasteiger partial charge in [-0.05, 0) is 25.0 Å². The van der Waals surface area contributed by atoms with Crippen LogP contribution in [-0.4, -0.2) is 28.1 Å². The maximum absolute atomic E-state index is 12.1. The molecule has 1 heterocycles. The summed E-state index contributed by atoms with van der Waals surface area (Å²) < 4.78 is 0. The summed E-state index contributed by atoms with van der Waals surface area (Å²) in [6, 6.07) is 2.84. The van der Waals surface area contributed by atoms with Crippen LogP contribution in [0.1, 0.15) is 42.5 Å². The molecule has 0 aliphatic heterocycles. The second-order valence-electron chi connectivity index (χ2n) is 4.76. The number of nitrogens with zero attached hydrogens (tertiary/aromatic N) is 1. The van der Waals surface area contributed by atoms with Crippen LogP contribution in [-0.2, 0) is 0 Å². The number of amides is 1. The standard InChI is InChI=1S/C13H16Cl2N2O2/c14-11-7-6-8(12(15)17-11)13(19)16-9-4-2-1-3-5-10(9)18/h6-7,9-10,18H,1-5H2,(H,16,19). The minimum absolute atomic E-state index is 0.0770. The van der Waals surface area contributed by atoms with Crippen LogP contribution in [0.4, 0.5) is 0 Å². The molecule has 2 N–H and O–H groups in total. The van der Waals surface area contributed by atoms with Crippen molar-refractivity contribution in [3.63, 3.8) is 0 Å². The fourth-order valence-corrected chi connectivity index (χ4v) is 2.71. The number of pyridine rings is 1. The summed E-state index contributed by atoms with van der Waals surface area (Å²) in [5, 5.41) is 13.1. The maximum atomic E-state index is 12.1. The van der Waals surface area contributed by atoms with E-state index in [1.807, 2.05) is 0 Å². The zero-order valence-electron chi connectivity index (χ0n) is 10.4. The largest absolute Gasteiger partial charge is 0.391 e. The molecule has 1 aromatic rings. The summed E-state index contributed by atoms with van der Waals surface area (Å²) in [6.45, 7) is 0. The highest BCUT2D eigenvalue weighted by Crippen LogP contribution is 2.20. The van der Waals surface area contributed by atoms with E-state index in [-0.39, 0.29) is 27.8 Å². The second-order valence-corrected chi connectivity index (χ2v) is 5.50. The molecule has 0 radical (unpaired) electrons. The molecule has 0 saturated heterocycles. The maximum Gasteiger partial charge on any atom is 0.254 e. The van der Waals surface area contributed by atoms with Crippen molar-refractivity contribution >= 4 is 29.1 Å². The summed E-state index contributed by atoms with van der Waals surface area (Å²) in [4.78, 5) is 15.9. The predicted octanol–water partition coefficient (Wildman–Crippen LogP) is 2.81. The number of halogens is 2. The van der Waals surface area contributed by atoms with Gasteiger partial charge in [0.25, 0.3) is 5.91 Å². The lowest BCUT2D eigenvalue weighted by atomic mass is 10.1. The van der Waals surface area contributed by atoms with Crippen molar-refractivity contribution in [2.24, 2.45) is 0 Å². The van der Waals surface area contributed by atoms with E-state index in [9.17, 15) is 9.90 Å². The number of carbonyl (C=O) groups excluding carboxylic acids is 1. The first kappa shape index (κ1) is 14.6. The van der Waals surface area contributed by atoms with E-state index in [0.717, 1.165) is 32.1 Å². The van der Waals surface area contributed by atoms with Crippen molar-refractivity contribution in [2.45, 2.75) is 44.2 Å². The Labute approximate surface area is 122 Å². The van der Waals surface area contributed by atoms with Crippen LogP contribution in [0.25, 0.3) is 0 Å². The number of aliphatic hydroxyl groups is 1. The molecule has 1 aromatic heterocycles. The Hall–Kier alpha value is -0.840. The highest BCUT2D eigenvalue weighted by molar-refractivity contribution is 6.34. The molecule has 2 unspecified atom stereocenters. The minimum Gasteiger partial charge on any atom is -0.391 e. The average Bonchev–Trinajstić information content (AvgIpc) is 2.55. The Morgan fingerprint density at radius 2 is 2.00 bits per heavy atom. The summed E-state index contributed by atoms with van der Waals surface area (Å²) in [7, 11) is 0. The third-order valence-corrected chi connectivity index (χ3v) is 3.85. The molecule has 1 saturated carbocycles. The highest BCUT2D eigenvalue weighted by atomic mass is 35.5. The normalized spacial score (nSPS) is 23.7. The Balaban J connectivity index is 2.07. The summed E-state index contributed by atoms with van der Waals surface area (Å²) in [6.07, 6.45) is 4.10. The monoisotopic (exact) mass is 302 g/mol. The molecule has 6 heteroatoms. The van der Waals surface area contributed by atoms with Gasteiger partial charge in [-0.1, -0.05) is 42.5 Å². The predicted molar refractivity (Wildman–Crippen MR) is 74.6 cm³/mol. The van der Waals surface area contributed by atoms with Gasteiger partial charge in [0.2, 0.25) is 0 Å². The van der Waals surface area contributed by atoms with Crippen LogP contribution in [0.3, 0.4) is 0 Å². The van der Waals surface area contributed by atoms with Crippen molar-refractivity contribution in [3.05, 3.63) is 28.0 Å². The fourth-order valence-electron chi connectivity index (χ4n) is 2.28. The summed E-state index contributed by atoms with van der Waals surface area (Å²) in [5.74, 6) is -0.319. The molecule has 2 rings (SSSR count). The molecule has 0 spiro atoms. The van der Waals surface area contributed by atoms with Gasteiger partial charge in [-0.2, -0.15) is 0 Å². The minimum atomic E-state index is -0.495. The Morgan fingerprint density at radius 1 is 1.26 bits per heavy atom. The summed E-state index contributed by atoms with van der Waals surface area (Å²) >= 11 is 11.6. The molecule has 1 amide bonds. The number of nitrogens with one attached hydrogen (secondary N) is 1. The molecule has 1 aliphatic carbocycles. The Bertz CT molecular complexity index is 468. The molecule has 1 aliphatic rings. The van der Waals surface area contributed by atoms with E-state index in [1.54, 1.807) is 0 Å². The molecule has 1 fully saturated rings. The number of rotatable bonds is 2. The van der Waals surface area contributed by atoms with Crippen LogP contribution < -0.4 is 5.32 Å². The van der Waals surface area contributed by atoms with Gasteiger partial charge in [0.15, 0.2) is 0 Å². The number of aliphatic hydroxyl groups excluding tert-OH is 1. The number of aromatic nitrogens is 1. The Morgan fingerprint density at radius 3 is 2.74 bits per heavy atom. The first-order valence-electron chi connectivity index (χ1n) is 6.39. The van der Waals surface area contributed by atoms with Crippen molar-refractivity contribution in [1.29, 1.82) is 0 Å². The lowest BCUT2D eigenvalue weighted by molar-refractivity contribution is 0.0818. The zero-order valence-corrected chi connectivity index (χ0v) is 11.9. The van der Waals surface area contributed by atoms with Gasteiger partial charge in [-0.15, -0.1) is 0 Å². The third-order valence-electron chi connectivity index (χ3n) is 3.36. The highest BCUT2D eigenvalue weighted by Gasteiger charge is 2.24. The van der Waals surface area contributed by atoms with Crippen LogP contribution in [0, 0.1) is 0 Å². The van der Waals surface area contributed by atoms with E-state index in [4.69, 9.17) is 23.2 Å². The fraction of sp³-hybridized carbons (Fsp3) is 0.538. The molecule has 19 heavy (non-hydrogen) atoms. The quantitative estimate of drug-likeness (QED) is 0.652. The SMILES string of the molecule is O=C(NC1CCCCCC1O)c1ccc(Cl)nc1Cl. The lowest BCUT2D eigenvalue weighted by Crippen LogP contribution is -2.42. The van der Waals surface area contributed by atoms with Crippen molar-refractivity contribution < 1.29 is 9.90 Å². The van der Waals surface area contributed by atoms with Gasteiger partial charge in [0.1, 0.15) is 10.3 Å². The van der Waals surface area contributed by atoms with E-state index in [1.165, 1.54) is 12.1 Å². The molecule has 0 aromatic carbocycles. The second kappa shape index (κ2) is 6.55. The van der Waals surface area contributed by atoms with Crippen molar-refractivity contribution in [3.8, 4) is 0 Å². The van der Waals surface area contributed by atoms with Crippen LogP contribution in [0.2, 0.25) is 10.3 Å². The third kappa shape index (κ3) is 3.81. The Kier molecular flexibility index (Phi) is 5.02. The van der Waals surface area contributed by atoms with E-state index < -0.39 is 6.10 Å². The van der Waals surface area contributed by atoms with Gasteiger partial charge in [0, 0.05) is 0 Å². The van der Waals surface area contributed by atoms with Gasteiger partial charge in [-0.3, -0.25) is 4.79 Å². The van der Waals surface area contributed by atoms with Crippen LogP contribution in [0.15, 0.2) is 12.1 Å². The number of hydrogen-bond acceptors (Lipinski definition) is 3. The van der Waals surface area contributed by atoms with Gasteiger partial charge in [0.05, 0.1) is 17.7 Å². The molecule has 0 bridgehead atoms. The van der Waals surface area contributed by atoms with E-state index >= 15 is 0 Å². The van der Waals surface area contributed by atoms with Crippen LogP contribution in [0.5, 0.6) is 0 Å². The van der Waals surface area contributed by atoms with Gasteiger partial charge in [-0.25, -0.2) is 4.98 Å². The molecular formula is C13H16Cl2N2O2. The van der Waals surface area contributed by atoms with Gasteiger partial charge >= 0.3 is 0 Å². The van der Waals surface area contributed by atoms with E-state index in [2.05, 4.69) is 10.3 Å². The molecule has 4 nitrogen and oxygen atoms in total. The topological polar surface area (TPSA) is 62.2 Å². The van der Waals surface area contributed by atoms with Gasteiger partial charge < -0.3 is 10.4 Å². The molecule has 2 atom stereocenters. The number of hydrogen-bond donors (Lipinski definition) is 2. The first-order chi connectivity index (χ1) is 9.08. The molecule has 104 valence electrons. The number of carbonyl (C=O) groups is 1. The average molecular weight is 303 g/mol. The first-order valence-corrected chi connectivity index (χ1v) is 7.14.